The van der Waals surface area contributed by atoms with Gasteiger partial charge in [0.05, 0.1) is 24.8 Å². The molecule has 0 amide bonds. The first kappa shape index (κ1) is 20.9. The third-order valence-electron chi connectivity index (χ3n) is 2.26. The van der Waals surface area contributed by atoms with Crippen molar-refractivity contribution in [1.29, 1.82) is 0 Å². The number of nitrogens with one attached hydrogen (secondary N) is 1. The van der Waals surface area contributed by atoms with Gasteiger partial charge >= 0.3 is 5.97 Å². The van der Waals surface area contributed by atoms with E-state index in [4.69, 9.17) is 43.3 Å². The highest BCUT2D eigenvalue weighted by atomic mass is 35.5. The van der Waals surface area contributed by atoms with Crippen LogP contribution in [0.25, 0.3) is 0 Å². The summed E-state index contributed by atoms with van der Waals surface area (Å²) in [6.45, 7) is 1.74. The molecule has 1 aromatic carbocycles. The third kappa shape index (κ3) is 11.6. The summed E-state index contributed by atoms with van der Waals surface area (Å²) in [6.07, 6.45) is 0.541. The van der Waals surface area contributed by atoms with Gasteiger partial charge in [0.2, 0.25) is 0 Å². The van der Waals surface area contributed by atoms with Crippen LogP contribution < -0.4 is 10.1 Å². The number of halogens is 2. The number of hydrogen-bond acceptors (Lipinski definition) is 5. The molecule has 0 radical (unpaired) electrons. The second-order valence-electron chi connectivity index (χ2n) is 4.12. The third-order valence-corrected chi connectivity index (χ3v) is 2.79. The van der Waals surface area contributed by atoms with Crippen LogP contribution in [0.5, 0.6) is 5.75 Å². The zero-order chi connectivity index (χ0) is 16.8. The zero-order valence-electron chi connectivity index (χ0n) is 12.1. The molecule has 0 fully saturated rings. The van der Waals surface area contributed by atoms with Crippen LogP contribution in [0.2, 0.25) is 10.0 Å². The highest BCUT2D eigenvalue weighted by Crippen LogP contribution is 2.27. The number of benzene rings is 1. The molecule has 1 aromatic rings. The molecule has 0 saturated carbocycles. The average Bonchev–Trinajstić information content (AvgIpc) is 2.46. The van der Waals surface area contributed by atoms with E-state index in [0.717, 1.165) is 0 Å². The van der Waals surface area contributed by atoms with Crippen LogP contribution in [-0.4, -0.2) is 54.2 Å². The largest absolute Gasteiger partial charge is 0.492 e. The molecule has 0 atom stereocenters. The van der Waals surface area contributed by atoms with Crippen molar-refractivity contribution in [2.75, 3.05) is 32.9 Å². The molecule has 126 valence electrons. The number of ether oxygens (including phenoxy) is 1. The Morgan fingerprint density at radius 3 is 2.32 bits per heavy atom. The fourth-order valence-corrected chi connectivity index (χ4v) is 1.74. The lowest BCUT2D eigenvalue weighted by Crippen LogP contribution is -2.21. The maximum Gasteiger partial charge on any atom is 0.303 e. The molecule has 0 unspecified atom stereocenters. The van der Waals surface area contributed by atoms with Crippen molar-refractivity contribution in [2.24, 2.45) is 0 Å². The first-order valence-electron chi connectivity index (χ1n) is 6.73. The summed E-state index contributed by atoms with van der Waals surface area (Å²) in [6, 6.07) is 4.90. The van der Waals surface area contributed by atoms with E-state index >= 15 is 0 Å². The Balaban J connectivity index is 0.000000534. The Bertz CT molecular complexity index is 428. The maximum atomic E-state index is 10.2. The van der Waals surface area contributed by atoms with Gasteiger partial charge in [-0.05, 0) is 24.6 Å². The molecule has 1 rings (SSSR count). The van der Waals surface area contributed by atoms with Gasteiger partial charge in [-0.15, -0.1) is 0 Å². The van der Waals surface area contributed by atoms with E-state index in [2.05, 4.69) is 5.32 Å². The lowest BCUT2D eigenvalue weighted by atomic mass is 10.3. The minimum absolute atomic E-state index is 0.0885. The van der Waals surface area contributed by atoms with E-state index in [1.54, 1.807) is 18.2 Å². The molecule has 0 aliphatic carbocycles. The molecule has 0 saturated heterocycles. The van der Waals surface area contributed by atoms with Crippen molar-refractivity contribution in [3.05, 3.63) is 28.2 Å². The number of rotatable bonds is 9. The van der Waals surface area contributed by atoms with Gasteiger partial charge in [0.15, 0.2) is 0 Å². The number of carboxylic acid groups (broad SMARTS) is 1. The van der Waals surface area contributed by atoms with Crippen LogP contribution in [0.15, 0.2) is 18.2 Å². The summed E-state index contributed by atoms with van der Waals surface area (Å²) >= 11 is 11.5. The second kappa shape index (κ2) is 13.6. The summed E-state index contributed by atoms with van der Waals surface area (Å²) in [4.78, 5) is 10.2. The van der Waals surface area contributed by atoms with E-state index < -0.39 is 5.97 Å². The Morgan fingerprint density at radius 2 is 1.82 bits per heavy atom. The van der Waals surface area contributed by atoms with Gasteiger partial charge in [0.25, 0.3) is 0 Å². The van der Waals surface area contributed by atoms with E-state index in [1.165, 1.54) is 0 Å². The van der Waals surface area contributed by atoms with Gasteiger partial charge in [-0.1, -0.05) is 23.2 Å². The van der Waals surface area contributed by atoms with Gasteiger partial charge in [-0.2, -0.15) is 0 Å². The average molecular weight is 354 g/mol. The molecule has 0 aliphatic heterocycles. The maximum absolute atomic E-state index is 10.2. The summed E-state index contributed by atoms with van der Waals surface area (Å²) < 4.78 is 5.29. The fraction of sp³-hybridized carbons (Fsp3) is 0.500. The van der Waals surface area contributed by atoms with Crippen LogP contribution in [0.3, 0.4) is 0 Å². The summed E-state index contributed by atoms with van der Waals surface area (Å²) in [5.74, 6) is -0.313. The molecular formula is C14H21Cl2NO5. The molecule has 0 aromatic heterocycles. The number of aliphatic carboxylic acids is 1. The zero-order valence-corrected chi connectivity index (χ0v) is 13.6. The highest BCUT2D eigenvalue weighted by molar-refractivity contribution is 6.35. The van der Waals surface area contributed by atoms with Gasteiger partial charge < -0.3 is 25.4 Å². The molecule has 4 N–H and O–H groups in total. The number of aliphatic hydroxyl groups excluding tert-OH is 2. The molecule has 0 aliphatic rings. The normalized spacial score (nSPS) is 9.82. The SMILES string of the molecule is O=C(O)CCCOc1ccc(Cl)cc1Cl.OCCNCCO. The van der Waals surface area contributed by atoms with E-state index in [-0.39, 0.29) is 19.6 Å². The molecule has 0 bridgehead atoms. The van der Waals surface area contributed by atoms with E-state index in [0.29, 0.717) is 41.9 Å². The Hall–Kier alpha value is -1.05. The van der Waals surface area contributed by atoms with Crippen LogP contribution in [0, 0.1) is 0 Å². The fourth-order valence-electron chi connectivity index (χ4n) is 1.28. The Kier molecular flexibility index (Phi) is 13.0. The van der Waals surface area contributed by atoms with Gasteiger partial charge in [0.1, 0.15) is 5.75 Å². The minimum atomic E-state index is -0.833. The Labute approximate surface area is 139 Å². The van der Waals surface area contributed by atoms with Crippen molar-refractivity contribution in [3.63, 3.8) is 0 Å². The number of aliphatic hydroxyl groups is 2. The van der Waals surface area contributed by atoms with E-state index in [9.17, 15) is 4.79 Å². The van der Waals surface area contributed by atoms with Gasteiger partial charge in [-0.25, -0.2) is 0 Å². The molecule has 0 spiro atoms. The standard InChI is InChI=1S/C10H10Cl2O3.C4H11NO2/c11-7-3-4-9(8(12)6-7)15-5-1-2-10(13)14;6-3-1-5-2-4-7/h3-4,6H,1-2,5H2,(H,13,14);5-7H,1-4H2. The quantitative estimate of drug-likeness (QED) is 0.505. The first-order chi connectivity index (χ1) is 10.5. The summed E-state index contributed by atoms with van der Waals surface area (Å²) in [7, 11) is 0. The molecule has 6 nitrogen and oxygen atoms in total. The minimum Gasteiger partial charge on any atom is -0.492 e. The van der Waals surface area contributed by atoms with Crippen molar-refractivity contribution in [2.45, 2.75) is 12.8 Å². The Morgan fingerprint density at radius 1 is 1.18 bits per heavy atom. The molecule has 8 heteroatoms. The van der Waals surface area contributed by atoms with Crippen LogP contribution in [0.1, 0.15) is 12.8 Å². The lowest BCUT2D eigenvalue weighted by Gasteiger charge is -2.06. The van der Waals surface area contributed by atoms with Gasteiger partial charge in [-0.3, -0.25) is 4.79 Å². The van der Waals surface area contributed by atoms with Crippen LogP contribution in [0.4, 0.5) is 0 Å². The van der Waals surface area contributed by atoms with Crippen LogP contribution >= 0.6 is 23.2 Å². The predicted molar refractivity (Wildman–Crippen MR) is 85.9 cm³/mol. The first-order valence-corrected chi connectivity index (χ1v) is 7.49. The second-order valence-corrected chi connectivity index (χ2v) is 4.96. The lowest BCUT2D eigenvalue weighted by molar-refractivity contribution is -0.137. The number of carbonyl (C=O) groups is 1. The van der Waals surface area contributed by atoms with E-state index in [1.807, 2.05) is 0 Å². The number of hydrogen-bond donors (Lipinski definition) is 4. The smallest absolute Gasteiger partial charge is 0.303 e. The van der Waals surface area contributed by atoms with Crippen molar-refractivity contribution in [3.8, 4) is 5.75 Å². The predicted octanol–water partition coefficient (Wildman–Crippen LogP) is 1.80. The van der Waals surface area contributed by atoms with Crippen molar-refractivity contribution in [1.82, 2.24) is 5.32 Å². The highest BCUT2D eigenvalue weighted by Gasteiger charge is 2.02. The molecular weight excluding hydrogens is 333 g/mol. The number of carboxylic acids is 1. The van der Waals surface area contributed by atoms with Crippen LogP contribution in [-0.2, 0) is 4.79 Å². The van der Waals surface area contributed by atoms with Gasteiger partial charge in [0, 0.05) is 24.5 Å². The topological polar surface area (TPSA) is 99.0 Å². The summed E-state index contributed by atoms with van der Waals surface area (Å²) in [5, 5.41) is 28.5. The van der Waals surface area contributed by atoms with Crippen molar-refractivity contribution < 1.29 is 24.9 Å². The monoisotopic (exact) mass is 353 g/mol. The summed E-state index contributed by atoms with van der Waals surface area (Å²) in [5.41, 5.74) is 0. The molecule has 0 heterocycles. The molecule has 22 heavy (non-hydrogen) atoms. The van der Waals surface area contributed by atoms with Crippen molar-refractivity contribution >= 4 is 29.2 Å².